The van der Waals surface area contributed by atoms with E-state index in [2.05, 4.69) is 4.98 Å². The normalized spacial score (nSPS) is 18.2. The van der Waals surface area contributed by atoms with Crippen molar-refractivity contribution in [1.29, 1.82) is 0 Å². The van der Waals surface area contributed by atoms with Crippen LogP contribution in [0.1, 0.15) is 36.0 Å². The molecule has 2 aromatic rings. The Morgan fingerprint density at radius 2 is 2.43 bits per heavy atom. The number of rotatable bonds is 5. The smallest absolute Gasteiger partial charge is 0.255 e. The minimum absolute atomic E-state index is 0.0807. The summed E-state index contributed by atoms with van der Waals surface area (Å²) < 4.78 is 6.60. The van der Waals surface area contributed by atoms with Crippen molar-refractivity contribution in [3.05, 3.63) is 29.3 Å². The number of fused-ring (bicyclic) bond motifs is 1. The molecule has 1 atom stereocenters. The van der Waals surface area contributed by atoms with Gasteiger partial charge in [-0.1, -0.05) is 6.07 Å². The SMILES string of the molecule is CN(CCCC1CCCO1)C(=O)c1cccc2ncsc12. The molecule has 21 heavy (non-hydrogen) atoms. The minimum atomic E-state index is 0.0807. The molecule has 1 aromatic carbocycles. The fourth-order valence-corrected chi connectivity index (χ4v) is 3.59. The Kier molecular flexibility index (Phi) is 4.51. The summed E-state index contributed by atoms with van der Waals surface area (Å²) in [6, 6.07) is 5.73. The highest BCUT2D eigenvalue weighted by molar-refractivity contribution is 7.17. The zero-order valence-electron chi connectivity index (χ0n) is 12.2. The number of hydrogen-bond donors (Lipinski definition) is 0. The van der Waals surface area contributed by atoms with Gasteiger partial charge in [0, 0.05) is 20.2 Å². The van der Waals surface area contributed by atoms with Gasteiger partial charge in [0.1, 0.15) is 0 Å². The number of carbonyl (C=O) groups is 1. The second-order valence-electron chi connectivity index (χ2n) is 5.51. The molecule has 5 heteroatoms. The Balaban J connectivity index is 1.60. The predicted molar refractivity (Wildman–Crippen MR) is 84.8 cm³/mol. The summed E-state index contributed by atoms with van der Waals surface area (Å²) in [6.45, 7) is 1.67. The molecule has 0 N–H and O–H groups in total. The van der Waals surface area contributed by atoms with Crippen LogP contribution >= 0.6 is 11.3 Å². The lowest BCUT2D eigenvalue weighted by molar-refractivity contribution is 0.0765. The number of amides is 1. The lowest BCUT2D eigenvalue weighted by atomic mass is 10.1. The van der Waals surface area contributed by atoms with E-state index in [0.29, 0.717) is 6.10 Å². The molecule has 4 nitrogen and oxygen atoms in total. The quantitative estimate of drug-likeness (QED) is 0.851. The third kappa shape index (κ3) is 3.24. The maximum Gasteiger partial charge on any atom is 0.255 e. The first-order chi connectivity index (χ1) is 10.3. The first kappa shape index (κ1) is 14.5. The van der Waals surface area contributed by atoms with Crippen LogP contribution in [0.4, 0.5) is 0 Å². The van der Waals surface area contributed by atoms with Gasteiger partial charge in [-0.05, 0) is 37.8 Å². The van der Waals surface area contributed by atoms with Crippen molar-refractivity contribution in [1.82, 2.24) is 9.88 Å². The molecule has 1 amide bonds. The van der Waals surface area contributed by atoms with Crippen LogP contribution < -0.4 is 0 Å². The Bertz CT molecular complexity index is 620. The molecule has 112 valence electrons. The van der Waals surface area contributed by atoms with E-state index in [1.54, 1.807) is 5.51 Å². The van der Waals surface area contributed by atoms with Crippen LogP contribution in [0.2, 0.25) is 0 Å². The Morgan fingerprint density at radius 1 is 1.52 bits per heavy atom. The van der Waals surface area contributed by atoms with Gasteiger partial charge in [-0.15, -0.1) is 11.3 Å². The van der Waals surface area contributed by atoms with Crippen molar-refractivity contribution >= 4 is 27.5 Å². The lowest BCUT2D eigenvalue weighted by Crippen LogP contribution is -2.28. The standard InChI is InChI=1S/C16H20N2O2S/c1-18(9-3-5-12-6-4-10-20-12)16(19)13-7-2-8-14-15(13)21-11-17-14/h2,7-8,11-12H,3-6,9-10H2,1H3. The summed E-state index contributed by atoms with van der Waals surface area (Å²) in [5, 5.41) is 0. The molecule has 1 aliphatic heterocycles. The van der Waals surface area contributed by atoms with Gasteiger partial charge in [0.25, 0.3) is 5.91 Å². The van der Waals surface area contributed by atoms with Crippen molar-refractivity contribution < 1.29 is 9.53 Å². The Labute approximate surface area is 128 Å². The van der Waals surface area contributed by atoms with E-state index in [4.69, 9.17) is 4.74 Å². The van der Waals surface area contributed by atoms with Gasteiger partial charge < -0.3 is 9.64 Å². The van der Waals surface area contributed by atoms with E-state index >= 15 is 0 Å². The number of thiazole rings is 1. The summed E-state index contributed by atoms with van der Waals surface area (Å²) >= 11 is 1.53. The molecule has 1 aromatic heterocycles. The summed E-state index contributed by atoms with van der Waals surface area (Å²) in [4.78, 5) is 18.6. The first-order valence-corrected chi connectivity index (χ1v) is 8.33. The first-order valence-electron chi connectivity index (χ1n) is 7.45. The number of nitrogens with zero attached hydrogens (tertiary/aromatic N) is 2. The average molecular weight is 304 g/mol. The highest BCUT2D eigenvalue weighted by Crippen LogP contribution is 2.23. The minimum Gasteiger partial charge on any atom is -0.378 e. The van der Waals surface area contributed by atoms with Crippen molar-refractivity contribution in [3.8, 4) is 0 Å². The van der Waals surface area contributed by atoms with Gasteiger partial charge in [0.05, 0.1) is 27.4 Å². The fourth-order valence-electron chi connectivity index (χ4n) is 2.79. The summed E-state index contributed by atoms with van der Waals surface area (Å²) in [5.74, 6) is 0.0807. The summed E-state index contributed by atoms with van der Waals surface area (Å²) in [6.07, 6.45) is 4.77. The second-order valence-corrected chi connectivity index (χ2v) is 6.36. The molecule has 1 unspecified atom stereocenters. The topological polar surface area (TPSA) is 42.4 Å². The predicted octanol–water partition coefficient (Wildman–Crippen LogP) is 3.33. The van der Waals surface area contributed by atoms with E-state index in [9.17, 15) is 4.79 Å². The van der Waals surface area contributed by atoms with Crippen molar-refractivity contribution in [2.45, 2.75) is 31.8 Å². The highest BCUT2D eigenvalue weighted by atomic mass is 32.1. The third-order valence-electron chi connectivity index (χ3n) is 3.98. The van der Waals surface area contributed by atoms with E-state index in [-0.39, 0.29) is 5.91 Å². The van der Waals surface area contributed by atoms with Crippen LogP contribution in [0, 0.1) is 0 Å². The Morgan fingerprint density at radius 3 is 3.24 bits per heavy atom. The number of aromatic nitrogens is 1. The molecule has 1 fully saturated rings. The molecule has 1 aliphatic rings. The van der Waals surface area contributed by atoms with Gasteiger partial charge >= 0.3 is 0 Å². The Hall–Kier alpha value is -1.46. The van der Waals surface area contributed by atoms with Crippen molar-refractivity contribution in [2.24, 2.45) is 0 Å². The summed E-state index contributed by atoms with van der Waals surface area (Å²) in [5.41, 5.74) is 3.45. The van der Waals surface area contributed by atoms with Crippen LogP contribution in [0.5, 0.6) is 0 Å². The average Bonchev–Trinajstić information content (AvgIpc) is 3.16. The van der Waals surface area contributed by atoms with Crippen LogP contribution in [-0.2, 0) is 4.74 Å². The maximum absolute atomic E-state index is 12.6. The lowest BCUT2D eigenvalue weighted by Gasteiger charge is -2.18. The van der Waals surface area contributed by atoms with Crippen LogP contribution in [0.3, 0.4) is 0 Å². The van der Waals surface area contributed by atoms with Gasteiger partial charge in [-0.25, -0.2) is 4.98 Å². The van der Waals surface area contributed by atoms with Crippen LogP contribution in [-0.4, -0.2) is 42.1 Å². The van der Waals surface area contributed by atoms with Gasteiger partial charge in [-0.2, -0.15) is 0 Å². The van der Waals surface area contributed by atoms with E-state index in [1.165, 1.54) is 17.8 Å². The summed E-state index contributed by atoms with van der Waals surface area (Å²) in [7, 11) is 1.87. The van der Waals surface area contributed by atoms with Crippen molar-refractivity contribution in [2.75, 3.05) is 20.2 Å². The van der Waals surface area contributed by atoms with Gasteiger partial charge in [0.2, 0.25) is 0 Å². The highest BCUT2D eigenvalue weighted by Gasteiger charge is 2.18. The van der Waals surface area contributed by atoms with E-state index in [0.717, 1.165) is 48.2 Å². The zero-order chi connectivity index (χ0) is 14.7. The molecule has 2 heterocycles. The van der Waals surface area contributed by atoms with Crippen LogP contribution in [0.15, 0.2) is 23.7 Å². The maximum atomic E-state index is 12.6. The van der Waals surface area contributed by atoms with E-state index in [1.807, 2.05) is 30.1 Å². The molecule has 1 saturated heterocycles. The molecular weight excluding hydrogens is 284 g/mol. The third-order valence-corrected chi connectivity index (χ3v) is 4.85. The van der Waals surface area contributed by atoms with Gasteiger partial charge in [0.15, 0.2) is 0 Å². The fraction of sp³-hybridized carbons (Fsp3) is 0.500. The van der Waals surface area contributed by atoms with Crippen LogP contribution in [0.25, 0.3) is 10.2 Å². The number of hydrogen-bond acceptors (Lipinski definition) is 4. The van der Waals surface area contributed by atoms with Gasteiger partial charge in [-0.3, -0.25) is 4.79 Å². The number of benzene rings is 1. The monoisotopic (exact) mass is 304 g/mol. The molecule has 0 bridgehead atoms. The number of ether oxygens (including phenoxy) is 1. The van der Waals surface area contributed by atoms with Crippen molar-refractivity contribution in [3.63, 3.8) is 0 Å². The zero-order valence-corrected chi connectivity index (χ0v) is 13.1. The molecule has 0 aliphatic carbocycles. The van der Waals surface area contributed by atoms with E-state index < -0.39 is 0 Å². The second kappa shape index (κ2) is 6.54. The largest absolute Gasteiger partial charge is 0.378 e. The number of carbonyl (C=O) groups excluding carboxylic acids is 1. The molecule has 3 rings (SSSR count). The molecule has 0 radical (unpaired) electrons. The molecular formula is C16H20N2O2S. The molecule has 0 saturated carbocycles. The molecule has 0 spiro atoms.